The first-order valence-electron chi connectivity index (χ1n) is 9.32. The molecule has 1 aromatic carbocycles. The standard InChI is InChI=1S/C19H30N4O2/c1-17(24)22-10-8-21(9-11-22)7-6-20-16-18-2-4-19(5-3-18)23-12-14-25-15-13-23/h2-5,20H,6-16H2,1H3. The maximum atomic E-state index is 11.3. The Balaban J connectivity index is 1.33. The summed E-state index contributed by atoms with van der Waals surface area (Å²) in [4.78, 5) is 18.1. The van der Waals surface area contributed by atoms with E-state index in [2.05, 4.69) is 39.4 Å². The summed E-state index contributed by atoms with van der Waals surface area (Å²) >= 11 is 0. The Hall–Kier alpha value is -1.63. The first-order chi connectivity index (χ1) is 12.2. The van der Waals surface area contributed by atoms with Gasteiger partial charge < -0.3 is 19.9 Å². The van der Waals surface area contributed by atoms with Gasteiger partial charge in [0.05, 0.1) is 13.2 Å². The molecule has 0 unspecified atom stereocenters. The maximum Gasteiger partial charge on any atom is 0.219 e. The van der Waals surface area contributed by atoms with E-state index in [9.17, 15) is 4.79 Å². The number of nitrogens with zero attached hydrogens (tertiary/aromatic N) is 3. The number of ether oxygens (including phenoxy) is 1. The normalized spacial score (nSPS) is 19.2. The number of carbonyl (C=O) groups is 1. The maximum absolute atomic E-state index is 11.3. The lowest BCUT2D eigenvalue weighted by Crippen LogP contribution is -2.49. The number of piperazine rings is 1. The van der Waals surface area contributed by atoms with E-state index in [1.807, 2.05) is 4.90 Å². The van der Waals surface area contributed by atoms with Crippen LogP contribution in [-0.4, -0.2) is 81.3 Å². The van der Waals surface area contributed by atoms with Crippen molar-refractivity contribution < 1.29 is 9.53 Å². The SMILES string of the molecule is CC(=O)N1CCN(CCNCc2ccc(N3CCOCC3)cc2)CC1. The number of hydrogen-bond acceptors (Lipinski definition) is 5. The van der Waals surface area contributed by atoms with E-state index < -0.39 is 0 Å². The lowest BCUT2D eigenvalue weighted by molar-refractivity contribution is -0.130. The molecule has 2 heterocycles. The summed E-state index contributed by atoms with van der Waals surface area (Å²) in [7, 11) is 0. The smallest absolute Gasteiger partial charge is 0.219 e. The molecule has 138 valence electrons. The third-order valence-electron chi connectivity index (χ3n) is 5.06. The second-order valence-corrected chi connectivity index (χ2v) is 6.79. The number of benzene rings is 1. The molecule has 2 aliphatic heterocycles. The van der Waals surface area contributed by atoms with Crippen LogP contribution in [0.4, 0.5) is 5.69 Å². The molecular weight excluding hydrogens is 316 g/mol. The first-order valence-corrected chi connectivity index (χ1v) is 9.32. The van der Waals surface area contributed by atoms with Gasteiger partial charge in [-0.1, -0.05) is 12.1 Å². The van der Waals surface area contributed by atoms with Crippen LogP contribution in [0, 0.1) is 0 Å². The van der Waals surface area contributed by atoms with Crippen molar-refractivity contribution in [3.63, 3.8) is 0 Å². The van der Waals surface area contributed by atoms with E-state index in [1.54, 1.807) is 6.92 Å². The molecule has 2 aliphatic rings. The first kappa shape index (κ1) is 18.2. The Labute approximate surface area is 150 Å². The minimum absolute atomic E-state index is 0.193. The molecule has 6 nitrogen and oxygen atoms in total. The second kappa shape index (κ2) is 9.17. The molecule has 25 heavy (non-hydrogen) atoms. The van der Waals surface area contributed by atoms with Crippen molar-refractivity contribution in [2.75, 3.05) is 70.5 Å². The monoisotopic (exact) mass is 346 g/mol. The molecule has 2 fully saturated rings. The number of rotatable bonds is 6. The van der Waals surface area contributed by atoms with Crippen molar-refractivity contribution >= 4 is 11.6 Å². The molecule has 0 bridgehead atoms. The summed E-state index contributed by atoms with van der Waals surface area (Å²) < 4.78 is 5.40. The summed E-state index contributed by atoms with van der Waals surface area (Å²) in [5.41, 5.74) is 2.61. The van der Waals surface area contributed by atoms with Gasteiger partial charge in [0.1, 0.15) is 0 Å². The quantitative estimate of drug-likeness (QED) is 0.772. The van der Waals surface area contributed by atoms with Crippen LogP contribution in [0.3, 0.4) is 0 Å². The zero-order valence-corrected chi connectivity index (χ0v) is 15.2. The molecule has 0 aliphatic carbocycles. The Kier molecular flexibility index (Phi) is 6.67. The molecule has 1 aromatic rings. The average Bonchev–Trinajstić information content (AvgIpc) is 2.67. The molecule has 6 heteroatoms. The number of amides is 1. The van der Waals surface area contributed by atoms with Crippen LogP contribution in [0.1, 0.15) is 12.5 Å². The number of anilines is 1. The van der Waals surface area contributed by atoms with Crippen molar-refractivity contribution in [3.05, 3.63) is 29.8 Å². The summed E-state index contributed by atoms with van der Waals surface area (Å²) in [6.45, 7) is 11.9. The van der Waals surface area contributed by atoms with Gasteiger partial charge in [0.15, 0.2) is 0 Å². The Morgan fingerprint density at radius 2 is 1.72 bits per heavy atom. The number of carbonyl (C=O) groups excluding carboxylic acids is 1. The van der Waals surface area contributed by atoms with E-state index >= 15 is 0 Å². The van der Waals surface area contributed by atoms with Gasteiger partial charge in [-0.25, -0.2) is 0 Å². The zero-order chi connectivity index (χ0) is 17.5. The molecule has 0 radical (unpaired) electrons. The predicted octanol–water partition coefficient (Wildman–Crippen LogP) is 0.777. The van der Waals surface area contributed by atoms with E-state index in [4.69, 9.17) is 4.74 Å². The average molecular weight is 346 g/mol. The van der Waals surface area contributed by atoms with Crippen molar-refractivity contribution in [3.8, 4) is 0 Å². The lowest BCUT2D eigenvalue weighted by atomic mass is 10.2. The van der Waals surface area contributed by atoms with Gasteiger partial charge in [-0.05, 0) is 17.7 Å². The molecule has 0 atom stereocenters. The van der Waals surface area contributed by atoms with Crippen molar-refractivity contribution in [1.82, 2.24) is 15.1 Å². The van der Waals surface area contributed by atoms with Gasteiger partial charge in [0.2, 0.25) is 5.91 Å². The van der Waals surface area contributed by atoms with Crippen LogP contribution in [0.25, 0.3) is 0 Å². The fourth-order valence-corrected chi connectivity index (χ4v) is 3.40. The molecule has 1 amide bonds. The highest BCUT2D eigenvalue weighted by Crippen LogP contribution is 2.16. The van der Waals surface area contributed by atoms with Gasteiger partial charge in [-0.15, -0.1) is 0 Å². The van der Waals surface area contributed by atoms with E-state index in [-0.39, 0.29) is 5.91 Å². The minimum atomic E-state index is 0.193. The highest BCUT2D eigenvalue weighted by Gasteiger charge is 2.17. The molecule has 2 saturated heterocycles. The third kappa shape index (κ3) is 5.42. The fraction of sp³-hybridized carbons (Fsp3) is 0.632. The Bertz CT molecular complexity index is 535. The third-order valence-corrected chi connectivity index (χ3v) is 5.06. The second-order valence-electron chi connectivity index (χ2n) is 6.79. The van der Waals surface area contributed by atoms with E-state index in [1.165, 1.54) is 11.3 Å². The van der Waals surface area contributed by atoms with Crippen LogP contribution < -0.4 is 10.2 Å². The van der Waals surface area contributed by atoms with Gasteiger partial charge >= 0.3 is 0 Å². The Morgan fingerprint density at radius 3 is 2.36 bits per heavy atom. The fourth-order valence-electron chi connectivity index (χ4n) is 3.40. The minimum Gasteiger partial charge on any atom is -0.378 e. The molecule has 3 rings (SSSR count). The number of hydrogen-bond donors (Lipinski definition) is 1. The molecule has 0 saturated carbocycles. The summed E-state index contributed by atoms with van der Waals surface area (Å²) in [5.74, 6) is 0.193. The van der Waals surface area contributed by atoms with Gasteiger partial charge in [0, 0.05) is 71.5 Å². The van der Waals surface area contributed by atoms with Crippen molar-refractivity contribution in [1.29, 1.82) is 0 Å². The number of morpholine rings is 1. The lowest BCUT2D eigenvalue weighted by Gasteiger charge is -2.34. The highest BCUT2D eigenvalue weighted by molar-refractivity contribution is 5.73. The topological polar surface area (TPSA) is 48.1 Å². The largest absolute Gasteiger partial charge is 0.378 e. The molecular formula is C19H30N4O2. The molecule has 1 N–H and O–H groups in total. The van der Waals surface area contributed by atoms with Crippen LogP contribution in [0.2, 0.25) is 0 Å². The van der Waals surface area contributed by atoms with Crippen molar-refractivity contribution in [2.45, 2.75) is 13.5 Å². The van der Waals surface area contributed by atoms with Gasteiger partial charge in [-0.3, -0.25) is 9.69 Å². The molecule has 0 aromatic heterocycles. The van der Waals surface area contributed by atoms with Crippen LogP contribution >= 0.6 is 0 Å². The van der Waals surface area contributed by atoms with Crippen molar-refractivity contribution in [2.24, 2.45) is 0 Å². The summed E-state index contributed by atoms with van der Waals surface area (Å²) in [6, 6.07) is 8.85. The molecule has 0 spiro atoms. The summed E-state index contributed by atoms with van der Waals surface area (Å²) in [6.07, 6.45) is 0. The van der Waals surface area contributed by atoms with Gasteiger partial charge in [-0.2, -0.15) is 0 Å². The van der Waals surface area contributed by atoms with Gasteiger partial charge in [0.25, 0.3) is 0 Å². The number of nitrogens with one attached hydrogen (secondary N) is 1. The predicted molar refractivity (Wildman–Crippen MR) is 99.9 cm³/mol. The van der Waals surface area contributed by atoms with Crippen LogP contribution in [0.15, 0.2) is 24.3 Å². The van der Waals surface area contributed by atoms with E-state index in [0.29, 0.717) is 0 Å². The zero-order valence-electron chi connectivity index (χ0n) is 15.2. The van der Waals surface area contributed by atoms with E-state index in [0.717, 1.165) is 72.1 Å². The highest BCUT2D eigenvalue weighted by atomic mass is 16.5. The Morgan fingerprint density at radius 1 is 1.04 bits per heavy atom. The van der Waals surface area contributed by atoms with Crippen LogP contribution in [-0.2, 0) is 16.1 Å². The van der Waals surface area contributed by atoms with Crippen LogP contribution in [0.5, 0.6) is 0 Å². The summed E-state index contributed by atoms with van der Waals surface area (Å²) in [5, 5.41) is 3.53.